The van der Waals surface area contributed by atoms with Crippen LogP contribution < -0.4 is 5.32 Å². The monoisotopic (exact) mass is 316 g/mol. The van der Waals surface area contributed by atoms with Crippen molar-refractivity contribution in [2.24, 2.45) is 0 Å². The van der Waals surface area contributed by atoms with Gasteiger partial charge in [0.15, 0.2) is 0 Å². The third-order valence-electron chi connectivity index (χ3n) is 2.94. The van der Waals surface area contributed by atoms with Crippen LogP contribution in [0.4, 0.5) is 5.69 Å². The van der Waals surface area contributed by atoms with Crippen molar-refractivity contribution >= 4 is 34.8 Å². The zero-order valence-corrected chi connectivity index (χ0v) is 13.6. The summed E-state index contributed by atoms with van der Waals surface area (Å²) in [4.78, 5) is 14.3. The number of hydrogen-bond acceptors (Lipinski definition) is 2. The van der Waals surface area contributed by atoms with Crippen molar-refractivity contribution in [2.45, 2.75) is 33.1 Å². The van der Waals surface area contributed by atoms with E-state index < -0.39 is 0 Å². The molecule has 0 saturated heterocycles. The number of nitrogens with one attached hydrogen (secondary N) is 1. The number of anilines is 1. The van der Waals surface area contributed by atoms with Crippen molar-refractivity contribution in [3.8, 4) is 0 Å². The first-order valence-electron chi connectivity index (χ1n) is 7.04. The normalized spacial score (nSPS) is 10.8. The Morgan fingerprint density at radius 1 is 1.15 bits per heavy atom. The van der Waals surface area contributed by atoms with Crippen molar-refractivity contribution in [2.75, 3.05) is 25.0 Å². The van der Waals surface area contributed by atoms with Gasteiger partial charge in [-0.15, -0.1) is 0 Å². The Bertz CT molecular complexity index is 432. The van der Waals surface area contributed by atoms with Gasteiger partial charge in [-0.05, 0) is 44.1 Å². The quantitative estimate of drug-likeness (QED) is 0.768. The van der Waals surface area contributed by atoms with Crippen LogP contribution in [0.15, 0.2) is 18.2 Å². The molecule has 0 saturated carbocycles. The summed E-state index contributed by atoms with van der Waals surface area (Å²) in [6, 6.07) is 5.04. The molecule has 20 heavy (non-hydrogen) atoms. The summed E-state index contributed by atoms with van der Waals surface area (Å²) in [6.07, 6.45) is 2.66. The molecule has 1 aromatic carbocycles. The number of carbonyl (C=O) groups excluding carboxylic acids is 1. The fourth-order valence-corrected chi connectivity index (χ4v) is 2.37. The Morgan fingerprint density at radius 3 is 2.40 bits per heavy atom. The van der Waals surface area contributed by atoms with Gasteiger partial charge in [-0.3, -0.25) is 4.79 Å². The van der Waals surface area contributed by atoms with Gasteiger partial charge in [0, 0.05) is 18.0 Å². The summed E-state index contributed by atoms with van der Waals surface area (Å²) < 4.78 is 0. The van der Waals surface area contributed by atoms with Crippen molar-refractivity contribution in [1.29, 1.82) is 0 Å². The lowest BCUT2D eigenvalue weighted by Gasteiger charge is -2.20. The highest BCUT2D eigenvalue weighted by Crippen LogP contribution is 2.25. The fraction of sp³-hybridized carbons (Fsp3) is 0.533. The van der Waals surface area contributed by atoms with Crippen LogP contribution in [0, 0.1) is 0 Å². The van der Waals surface area contributed by atoms with E-state index in [0.717, 1.165) is 32.5 Å². The standard InChI is InChI=1S/C15H22Cl2N2O/c1-3-8-19(9-4-2)10-7-15(20)18-14-11-12(16)5-6-13(14)17/h5-6,11H,3-4,7-10H2,1-2H3,(H,18,20). The van der Waals surface area contributed by atoms with Crippen LogP contribution in [0.5, 0.6) is 0 Å². The second-order valence-corrected chi connectivity index (χ2v) is 5.61. The molecule has 1 aromatic rings. The van der Waals surface area contributed by atoms with Crippen LogP contribution in [-0.4, -0.2) is 30.4 Å². The average Bonchev–Trinajstić information content (AvgIpc) is 2.41. The molecule has 0 atom stereocenters. The van der Waals surface area contributed by atoms with Crippen molar-refractivity contribution < 1.29 is 4.79 Å². The molecule has 0 unspecified atom stereocenters. The second kappa shape index (κ2) is 9.22. The lowest BCUT2D eigenvalue weighted by Crippen LogP contribution is -2.29. The molecule has 1 N–H and O–H groups in total. The topological polar surface area (TPSA) is 32.3 Å². The molecule has 1 amide bonds. The minimum absolute atomic E-state index is 0.0358. The average molecular weight is 317 g/mol. The first-order valence-corrected chi connectivity index (χ1v) is 7.79. The van der Waals surface area contributed by atoms with Gasteiger partial charge < -0.3 is 10.2 Å². The smallest absolute Gasteiger partial charge is 0.225 e. The molecule has 0 fully saturated rings. The summed E-state index contributed by atoms with van der Waals surface area (Å²) in [5.41, 5.74) is 0.571. The van der Waals surface area contributed by atoms with Gasteiger partial charge in [-0.1, -0.05) is 37.0 Å². The molecule has 0 spiro atoms. The largest absolute Gasteiger partial charge is 0.325 e. The summed E-state index contributed by atoms with van der Waals surface area (Å²) in [5.74, 6) is -0.0358. The third kappa shape index (κ3) is 6.12. The minimum Gasteiger partial charge on any atom is -0.325 e. The maximum atomic E-state index is 11.9. The van der Waals surface area contributed by atoms with Gasteiger partial charge in [0.1, 0.15) is 0 Å². The summed E-state index contributed by atoms with van der Waals surface area (Å²) in [6.45, 7) is 7.12. The number of halogens is 2. The molecule has 3 nitrogen and oxygen atoms in total. The minimum atomic E-state index is -0.0358. The van der Waals surface area contributed by atoms with E-state index >= 15 is 0 Å². The first-order chi connectivity index (χ1) is 9.56. The molecule has 5 heteroatoms. The number of amides is 1. The van der Waals surface area contributed by atoms with Crippen molar-refractivity contribution in [3.05, 3.63) is 28.2 Å². The highest BCUT2D eigenvalue weighted by atomic mass is 35.5. The number of hydrogen-bond donors (Lipinski definition) is 1. The van der Waals surface area contributed by atoms with Gasteiger partial charge in [-0.25, -0.2) is 0 Å². The van der Waals surface area contributed by atoms with E-state index in [1.165, 1.54) is 0 Å². The highest BCUT2D eigenvalue weighted by Gasteiger charge is 2.09. The molecule has 0 aromatic heterocycles. The van der Waals surface area contributed by atoms with E-state index in [0.29, 0.717) is 22.2 Å². The van der Waals surface area contributed by atoms with E-state index in [1.54, 1.807) is 18.2 Å². The summed E-state index contributed by atoms with van der Waals surface area (Å²) >= 11 is 11.9. The predicted octanol–water partition coefficient (Wildman–Crippen LogP) is 4.44. The summed E-state index contributed by atoms with van der Waals surface area (Å²) in [7, 11) is 0. The van der Waals surface area contributed by atoms with Crippen LogP contribution >= 0.6 is 23.2 Å². The van der Waals surface area contributed by atoms with Gasteiger partial charge in [0.2, 0.25) is 5.91 Å². The molecule has 0 aliphatic heterocycles. The Morgan fingerprint density at radius 2 is 1.80 bits per heavy atom. The molecule has 0 radical (unpaired) electrons. The van der Waals surface area contributed by atoms with Gasteiger partial charge in [0.25, 0.3) is 0 Å². The number of nitrogens with zero attached hydrogens (tertiary/aromatic N) is 1. The number of carbonyl (C=O) groups is 1. The molecule has 0 bridgehead atoms. The van der Waals surface area contributed by atoms with E-state index in [2.05, 4.69) is 24.1 Å². The van der Waals surface area contributed by atoms with Crippen LogP contribution in [0.2, 0.25) is 10.0 Å². The molecule has 0 aliphatic carbocycles. The first kappa shape index (κ1) is 17.3. The second-order valence-electron chi connectivity index (χ2n) is 4.76. The van der Waals surface area contributed by atoms with Gasteiger partial charge in [-0.2, -0.15) is 0 Å². The zero-order valence-electron chi connectivity index (χ0n) is 12.1. The van der Waals surface area contributed by atoms with Crippen LogP contribution in [0.3, 0.4) is 0 Å². The maximum absolute atomic E-state index is 11.9. The zero-order chi connectivity index (χ0) is 15.0. The SMILES string of the molecule is CCCN(CCC)CCC(=O)Nc1cc(Cl)ccc1Cl. The maximum Gasteiger partial charge on any atom is 0.225 e. The van der Waals surface area contributed by atoms with E-state index in [4.69, 9.17) is 23.2 Å². The van der Waals surface area contributed by atoms with Gasteiger partial charge >= 0.3 is 0 Å². The molecule has 0 aliphatic rings. The van der Waals surface area contributed by atoms with Crippen molar-refractivity contribution in [3.63, 3.8) is 0 Å². The highest BCUT2D eigenvalue weighted by molar-refractivity contribution is 6.35. The molecule has 0 heterocycles. The van der Waals surface area contributed by atoms with E-state index in [-0.39, 0.29) is 5.91 Å². The molecular formula is C15H22Cl2N2O. The predicted molar refractivity (Wildman–Crippen MR) is 86.7 cm³/mol. The lowest BCUT2D eigenvalue weighted by atomic mass is 10.2. The van der Waals surface area contributed by atoms with Crippen LogP contribution in [0.25, 0.3) is 0 Å². The molecule has 112 valence electrons. The Kier molecular flexibility index (Phi) is 7.97. The number of benzene rings is 1. The third-order valence-corrected chi connectivity index (χ3v) is 3.50. The van der Waals surface area contributed by atoms with Gasteiger partial charge in [0.05, 0.1) is 10.7 Å². The van der Waals surface area contributed by atoms with Crippen LogP contribution in [0.1, 0.15) is 33.1 Å². The van der Waals surface area contributed by atoms with E-state index in [1.807, 2.05) is 0 Å². The van der Waals surface area contributed by atoms with Crippen molar-refractivity contribution in [1.82, 2.24) is 4.90 Å². The Balaban J connectivity index is 2.48. The molecular weight excluding hydrogens is 295 g/mol. The Labute approximate surface area is 131 Å². The summed E-state index contributed by atoms with van der Waals surface area (Å²) in [5, 5.41) is 3.87. The van der Waals surface area contributed by atoms with E-state index in [9.17, 15) is 4.79 Å². The fourth-order valence-electron chi connectivity index (χ4n) is 2.03. The van der Waals surface area contributed by atoms with Crippen LogP contribution in [-0.2, 0) is 4.79 Å². The Hall–Kier alpha value is -0.770. The molecule has 1 rings (SSSR count). The lowest BCUT2D eigenvalue weighted by molar-refractivity contribution is -0.116. The number of rotatable bonds is 8.